The van der Waals surface area contributed by atoms with Crippen LogP contribution in [0.1, 0.15) is 56.7 Å². The van der Waals surface area contributed by atoms with Gasteiger partial charge in [-0.1, -0.05) is 69.2 Å². The molecule has 3 aromatic carbocycles. The predicted molar refractivity (Wildman–Crippen MR) is 165 cm³/mol. The molecule has 1 amide bonds. The summed E-state index contributed by atoms with van der Waals surface area (Å²) in [5, 5.41) is 0. The molecule has 3 aliphatic rings. The molecule has 0 unspecified atom stereocenters. The van der Waals surface area contributed by atoms with E-state index in [9.17, 15) is 8.42 Å². The van der Waals surface area contributed by atoms with Crippen LogP contribution < -0.4 is 9.04 Å². The Hall–Kier alpha value is -3.84. The quantitative estimate of drug-likeness (QED) is 0.294. The summed E-state index contributed by atoms with van der Waals surface area (Å²) in [6.45, 7) is 8.65. The molecule has 1 aliphatic carbocycles. The number of fused-ring (bicyclic) bond motifs is 3. The van der Waals surface area contributed by atoms with E-state index in [2.05, 4.69) is 26.8 Å². The molecular formula is C35H37NO5S. The highest BCUT2D eigenvalue weighted by molar-refractivity contribution is 7.93. The number of aryl methyl sites for hydroxylation is 1. The molecule has 3 aromatic rings. The van der Waals surface area contributed by atoms with Gasteiger partial charge in [0.2, 0.25) is 0 Å². The molecule has 0 saturated heterocycles. The Bertz CT molecular complexity index is 1720. The van der Waals surface area contributed by atoms with E-state index in [4.69, 9.17) is 9.47 Å². The lowest BCUT2D eigenvalue weighted by atomic mass is 9.49. The van der Waals surface area contributed by atoms with Crippen LogP contribution in [0.5, 0.6) is 5.75 Å². The number of hydrogen-bond donors (Lipinski definition) is 0. The van der Waals surface area contributed by atoms with Crippen LogP contribution in [0.2, 0.25) is 0 Å². The molecule has 42 heavy (non-hydrogen) atoms. The third kappa shape index (κ3) is 3.89. The minimum Gasteiger partial charge on any atom is -0.497 e. The fourth-order valence-electron chi connectivity index (χ4n) is 7.18. The standard InChI is InChI=1S/C35H37NO5S/c1-6-7-10-25-21-28-30(22-41-32(28)24-15-17-26(40-5)18-16-24)34(3,4)35(25)29-11-8-9-12-31(29)36(33(35)37)42(38,39)27-19-13-23(2)14-20-27/h8-9,11-21,30H,6-7,10,22H2,1-5H3/t30-,35+/m0/s1. The summed E-state index contributed by atoms with van der Waals surface area (Å²) < 4.78 is 41.3. The monoisotopic (exact) mass is 583 g/mol. The number of nitrogens with zero attached hydrogens (tertiary/aromatic N) is 1. The molecule has 6 rings (SSSR count). The second-order valence-electron chi connectivity index (χ2n) is 12.0. The summed E-state index contributed by atoms with van der Waals surface area (Å²) in [6.07, 6.45) is 4.64. The number of rotatable bonds is 7. The Morgan fingerprint density at radius 3 is 2.36 bits per heavy atom. The van der Waals surface area contributed by atoms with Crippen molar-refractivity contribution >= 4 is 27.4 Å². The van der Waals surface area contributed by atoms with Crippen molar-refractivity contribution in [3.05, 3.63) is 107 Å². The van der Waals surface area contributed by atoms with Crippen molar-refractivity contribution in [1.82, 2.24) is 0 Å². The van der Waals surface area contributed by atoms with Gasteiger partial charge in [-0.2, -0.15) is 0 Å². The van der Waals surface area contributed by atoms with Crippen LogP contribution >= 0.6 is 0 Å². The first kappa shape index (κ1) is 28.3. The van der Waals surface area contributed by atoms with Gasteiger partial charge in [-0.25, -0.2) is 12.7 Å². The van der Waals surface area contributed by atoms with Gasteiger partial charge in [0.25, 0.3) is 15.9 Å². The van der Waals surface area contributed by atoms with E-state index in [-0.39, 0.29) is 10.8 Å². The first-order valence-corrected chi connectivity index (χ1v) is 16.0. The fourth-order valence-corrected chi connectivity index (χ4v) is 8.65. The number of methoxy groups -OCH3 is 1. The first-order valence-electron chi connectivity index (χ1n) is 14.6. The Morgan fingerprint density at radius 2 is 1.69 bits per heavy atom. The van der Waals surface area contributed by atoms with E-state index >= 15 is 4.79 Å². The Labute approximate surface area is 248 Å². The van der Waals surface area contributed by atoms with Crippen molar-refractivity contribution in [1.29, 1.82) is 0 Å². The molecule has 2 atom stereocenters. The maximum absolute atomic E-state index is 15.1. The van der Waals surface area contributed by atoms with Crippen LogP contribution in [0, 0.1) is 18.3 Å². The van der Waals surface area contributed by atoms with E-state index in [1.165, 1.54) is 0 Å². The van der Waals surface area contributed by atoms with Gasteiger partial charge in [-0.3, -0.25) is 4.79 Å². The zero-order valence-electron chi connectivity index (χ0n) is 24.8. The van der Waals surface area contributed by atoms with Crippen LogP contribution in [0.25, 0.3) is 5.76 Å². The topological polar surface area (TPSA) is 72.9 Å². The summed E-state index contributed by atoms with van der Waals surface area (Å²) in [4.78, 5) is 15.2. The maximum atomic E-state index is 15.1. The summed E-state index contributed by atoms with van der Waals surface area (Å²) in [5.74, 6) is 1.04. The van der Waals surface area contributed by atoms with Crippen LogP contribution in [0.3, 0.4) is 0 Å². The Morgan fingerprint density at radius 1 is 1.00 bits per heavy atom. The van der Waals surface area contributed by atoms with Crippen LogP contribution in [0.4, 0.5) is 5.69 Å². The molecule has 0 bridgehead atoms. The number of unbranched alkanes of at least 4 members (excludes halogenated alkanes) is 1. The number of benzene rings is 3. The molecule has 6 nitrogen and oxygen atoms in total. The lowest BCUT2D eigenvalue weighted by Crippen LogP contribution is -2.57. The van der Waals surface area contributed by atoms with Crippen molar-refractivity contribution in [3.63, 3.8) is 0 Å². The zero-order valence-corrected chi connectivity index (χ0v) is 25.6. The minimum absolute atomic E-state index is 0.104. The Kier molecular flexibility index (Phi) is 6.84. The molecule has 1 spiro atoms. The van der Waals surface area contributed by atoms with Gasteiger partial charge in [0, 0.05) is 17.1 Å². The number of carbonyl (C=O) groups excluding carboxylic acids is 1. The average molecular weight is 584 g/mol. The smallest absolute Gasteiger partial charge is 0.270 e. The summed E-state index contributed by atoms with van der Waals surface area (Å²) in [6, 6.07) is 21.9. The van der Waals surface area contributed by atoms with Gasteiger partial charge < -0.3 is 9.47 Å². The van der Waals surface area contributed by atoms with Gasteiger partial charge in [0.15, 0.2) is 0 Å². The lowest BCUT2D eigenvalue weighted by Gasteiger charge is -2.51. The average Bonchev–Trinajstić information content (AvgIpc) is 3.53. The van der Waals surface area contributed by atoms with E-state index in [1.807, 2.05) is 43.3 Å². The van der Waals surface area contributed by atoms with Crippen molar-refractivity contribution in [2.75, 3.05) is 18.0 Å². The van der Waals surface area contributed by atoms with Gasteiger partial charge >= 0.3 is 0 Å². The SMILES string of the molecule is CCCCC1=CC2=C(c3ccc(OC)cc3)OC[C@@H]2C(C)(C)[C@]12C(=O)N(S(=O)(=O)c1ccc(C)cc1)c1ccccc12. The largest absolute Gasteiger partial charge is 0.497 e. The number of para-hydroxylation sites is 1. The molecule has 0 radical (unpaired) electrons. The highest BCUT2D eigenvalue weighted by atomic mass is 32.2. The van der Waals surface area contributed by atoms with Crippen LogP contribution in [0.15, 0.2) is 94.9 Å². The van der Waals surface area contributed by atoms with Crippen LogP contribution in [-0.2, 0) is 25.0 Å². The van der Waals surface area contributed by atoms with Gasteiger partial charge in [0.05, 0.1) is 24.3 Å². The molecule has 218 valence electrons. The fraction of sp³-hybridized carbons (Fsp3) is 0.343. The van der Waals surface area contributed by atoms with Gasteiger partial charge in [-0.15, -0.1) is 0 Å². The highest BCUT2D eigenvalue weighted by Crippen LogP contribution is 2.65. The first-order chi connectivity index (χ1) is 20.1. The number of hydrogen-bond acceptors (Lipinski definition) is 5. The highest BCUT2D eigenvalue weighted by Gasteiger charge is 2.67. The number of carbonyl (C=O) groups is 1. The predicted octanol–water partition coefficient (Wildman–Crippen LogP) is 7.19. The molecular weight excluding hydrogens is 546 g/mol. The van der Waals surface area contributed by atoms with E-state index in [1.54, 1.807) is 43.5 Å². The van der Waals surface area contributed by atoms with Crippen molar-refractivity contribution in [2.24, 2.45) is 11.3 Å². The lowest BCUT2D eigenvalue weighted by molar-refractivity contribution is -0.126. The zero-order chi connectivity index (χ0) is 29.9. The van der Waals surface area contributed by atoms with Crippen LogP contribution in [-0.4, -0.2) is 28.0 Å². The summed E-state index contributed by atoms with van der Waals surface area (Å²) in [7, 11) is -2.53. The van der Waals surface area contributed by atoms with E-state index < -0.39 is 26.8 Å². The molecule has 2 heterocycles. The normalized spacial score (nSPS) is 22.6. The number of sulfonamides is 1. The minimum atomic E-state index is -4.17. The maximum Gasteiger partial charge on any atom is 0.270 e. The van der Waals surface area contributed by atoms with Gasteiger partial charge in [-0.05, 0) is 78.8 Å². The molecule has 0 aromatic heterocycles. The van der Waals surface area contributed by atoms with Gasteiger partial charge in [0.1, 0.15) is 16.9 Å². The number of allylic oxidation sites excluding steroid dienone is 1. The molecule has 0 N–H and O–H groups in total. The Balaban J connectivity index is 1.59. The van der Waals surface area contributed by atoms with Crippen molar-refractivity contribution in [2.45, 2.75) is 57.3 Å². The molecule has 0 fully saturated rings. The van der Waals surface area contributed by atoms with E-state index in [0.29, 0.717) is 18.7 Å². The van der Waals surface area contributed by atoms with Crippen molar-refractivity contribution < 1.29 is 22.7 Å². The number of ether oxygens (including phenoxy) is 2. The van der Waals surface area contributed by atoms with Crippen molar-refractivity contribution in [3.8, 4) is 5.75 Å². The second kappa shape index (κ2) is 10.2. The van der Waals surface area contributed by atoms with E-state index in [0.717, 1.165) is 56.5 Å². The molecule has 0 saturated carbocycles. The number of amides is 1. The summed E-state index contributed by atoms with van der Waals surface area (Å²) >= 11 is 0. The second-order valence-corrected chi connectivity index (χ2v) is 13.8. The summed E-state index contributed by atoms with van der Waals surface area (Å²) in [5.41, 5.74) is 3.22. The number of anilines is 1. The third-order valence-electron chi connectivity index (χ3n) is 9.42. The molecule has 2 aliphatic heterocycles. The molecule has 7 heteroatoms. The third-order valence-corrected chi connectivity index (χ3v) is 11.1.